The molecule has 0 unspecified atom stereocenters. The number of aryl methyl sites for hydroxylation is 2. The van der Waals surface area contributed by atoms with Crippen LogP contribution in [0.1, 0.15) is 25.1 Å². The Kier molecular flexibility index (Phi) is 2.93. The van der Waals surface area contributed by atoms with Gasteiger partial charge in [-0.15, -0.1) is 11.3 Å². The molecule has 4 aromatic heterocycles. The first-order chi connectivity index (χ1) is 12.0. The predicted octanol–water partition coefficient (Wildman–Crippen LogP) is 5.09. The van der Waals surface area contributed by atoms with Crippen LogP contribution in [0, 0.1) is 12.8 Å². The van der Waals surface area contributed by atoms with Gasteiger partial charge in [-0.05, 0) is 24.6 Å². The van der Waals surface area contributed by atoms with E-state index in [1.807, 2.05) is 0 Å². The van der Waals surface area contributed by atoms with Gasteiger partial charge in [0.25, 0.3) is 5.69 Å². The van der Waals surface area contributed by atoms with Gasteiger partial charge >= 0.3 is 0 Å². The fourth-order valence-corrected chi connectivity index (χ4v) is 5.06. The summed E-state index contributed by atoms with van der Waals surface area (Å²) in [7, 11) is 4.19. The van der Waals surface area contributed by atoms with Crippen molar-refractivity contribution in [3.63, 3.8) is 0 Å². The molecule has 0 aromatic carbocycles. The molecule has 1 aliphatic rings. The first-order valence-corrected chi connectivity index (χ1v) is 9.53. The average Bonchev–Trinajstić information content (AvgIpc) is 3.26. The van der Waals surface area contributed by atoms with Crippen molar-refractivity contribution in [1.29, 1.82) is 0 Å². The monoisotopic (exact) mass is 353 g/mol. The number of ether oxygens (including phenoxy) is 1. The minimum atomic E-state index is 0.563. The predicted molar refractivity (Wildman–Crippen MR) is 101 cm³/mol. The van der Waals surface area contributed by atoms with Gasteiger partial charge in [-0.2, -0.15) is 4.57 Å². The third-order valence-electron chi connectivity index (χ3n) is 5.32. The first-order valence-electron chi connectivity index (χ1n) is 8.65. The Morgan fingerprint density at radius 1 is 1.32 bits per heavy atom. The molecule has 5 rings (SSSR count). The Balaban J connectivity index is 1.97. The van der Waals surface area contributed by atoms with Gasteiger partial charge in [0.1, 0.15) is 18.0 Å². The van der Waals surface area contributed by atoms with Crippen LogP contribution in [0.5, 0.6) is 11.5 Å². The lowest BCUT2D eigenvalue weighted by Gasteiger charge is -2.19. The number of hydrogen-bond donors (Lipinski definition) is 0. The van der Waals surface area contributed by atoms with Gasteiger partial charge in [-0.25, -0.2) is 0 Å². The molecule has 0 N–H and O–H groups in total. The van der Waals surface area contributed by atoms with Crippen LogP contribution in [-0.2, 0) is 20.5 Å². The smallest absolute Gasteiger partial charge is 0.258 e. The normalized spacial score (nSPS) is 13.0. The summed E-state index contributed by atoms with van der Waals surface area (Å²) < 4.78 is 18.0. The molecular formula is C20H21N2O2S+. The third kappa shape index (κ3) is 1.79. The fourth-order valence-electron chi connectivity index (χ4n) is 4.08. The molecule has 5 heteroatoms. The van der Waals surface area contributed by atoms with Gasteiger partial charge in [-0.3, -0.25) is 0 Å². The van der Waals surface area contributed by atoms with Crippen molar-refractivity contribution < 1.29 is 13.7 Å². The van der Waals surface area contributed by atoms with E-state index < -0.39 is 0 Å². The number of hydrogen-bond acceptors (Lipinski definition) is 3. The van der Waals surface area contributed by atoms with Crippen molar-refractivity contribution in [2.75, 3.05) is 0 Å². The van der Waals surface area contributed by atoms with E-state index in [4.69, 9.17) is 9.15 Å². The maximum Gasteiger partial charge on any atom is 0.258 e. The van der Waals surface area contributed by atoms with Gasteiger partial charge in [0, 0.05) is 24.4 Å². The lowest BCUT2D eigenvalue weighted by molar-refractivity contribution is -0.633. The van der Waals surface area contributed by atoms with Crippen LogP contribution < -0.4 is 9.30 Å². The van der Waals surface area contributed by atoms with E-state index in [1.54, 1.807) is 17.6 Å². The fraction of sp³-hybridized carbons (Fsp3) is 0.350. The summed E-state index contributed by atoms with van der Waals surface area (Å²) in [6.45, 7) is 6.68. The summed E-state index contributed by atoms with van der Waals surface area (Å²) in [4.78, 5) is 0. The molecule has 4 aromatic rings. The van der Waals surface area contributed by atoms with Crippen molar-refractivity contribution in [3.8, 4) is 22.8 Å². The van der Waals surface area contributed by atoms with E-state index >= 15 is 0 Å². The second-order valence-corrected chi connectivity index (χ2v) is 8.27. The third-order valence-corrected chi connectivity index (χ3v) is 6.29. The average molecular weight is 353 g/mol. The highest BCUT2D eigenvalue weighted by Crippen LogP contribution is 2.51. The molecule has 0 amide bonds. The molecule has 0 radical (unpaired) electrons. The summed E-state index contributed by atoms with van der Waals surface area (Å²) in [5.74, 6) is 2.39. The number of furan rings is 1. The Hall–Kier alpha value is -2.27. The molecule has 128 valence electrons. The molecule has 0 bridgehead atoms. The molecule has 4 nitrogen and oxygen atoms in total. The summed E-state index contributed by atoms with van der Waals surface area (Å²) >= 11 is 1.80. The number of fused-ring (bicyclic) bond motifs is 3. The zero-order valence-corrected chi connectivity index (χ0v) is 16.0. The van der Waals surface area contributed by atoms with Crippen LogP contribution in [0.2, 0.25) is 0 Å². The second-order valence-electron chi connectivity index (χ2n) is 7.35. The number of rotatable bonds is 2. The maximum absolute atomic E-state index is 6.43. The van der Waals surface area contributed by atoms with Crippen molar-refractivity contribution in [2.45, 2.75) is 27.2 Å². The molecule has 0 saturated carbocycles. The van der Waals surface area contributed by atoms with Gasteiger partial charge < -0.3 is 13.7 Å². The summed E-state index contributed by atoms with van der Waals surface area (Å²) in [5.41, 5.74) is 7.08. The van der Waals surface area contributed by atoms with E-state index in [2.05, 4.69) is 55.4 Å². The van der Waals surface area contributed by atoms with E-state index in [-0.39, 0.29) is 0 Å². The highest BCUT2D eigenvalue weighted by Gasteiger charge is 2.37. The van der Waals surface area contributed by atoms with E-state index in [9.17, 15) is 0 Å². The Bertz CT molecular complexity index is 1160. The lowest BCUT2D eigenvalue weighted by atomic mass is 9.96. The number of nitrogens with zero attached hydrogens (tertiary/aromatic N) is 2. The SMILES string of the molecule is Cc1c2c3c(coc3n1C)Oc1c(CC(C)C)c3sccc3[n+](C)c1-2. The Labute approximate surface area is 150 Å². The molecule has 0 saturated heterocycles. The second kappa shape index (κ2) is 4.88. The zero-order chi connectivity index (χ0) is 17.5. The van der Waals surface area contributed by atoms with E-state index in [1.165, 1.54) is 32.7 Å². The number of pyridine rings is 1. The van der Waals surface area contributed by atoms with Crippen LogP contribution in [0.15, 0.2) is 22.1 Å². The molecule has 0 fully saturated rings. The van der Waals surface area contributed by atoms with Gasteiger partial charge in [0.15, 0.2) is 5.75 Å². The molecule has 0 aliphatic carbocycles. The maximum atomic E-state index is 6.43. The zero-order valence-electron chi connectivity index (χ0n) is 15.1. The topological polar surface area (TPSA) is 31.2 Å². The molecule has 25 heavy (non-hydrogen) atoms. The van der Waals surface area contributed by atoms with Crippen LogP contribution >= 0.6 is 11.3 Å². The van der Waals surface area contributed by atoms with Crippen LogP contribution in [0.25, 0.3) is 32.6 Å². The van der Waals surface area contributed by atoms with Crippen molar-refractivity contribution in [1.82, 2.24) is 4.57 Å². The van der Waals surface area contributed by atoms with Crippen LogP contribution in [-0.4, -0.2) is 4.57 Å². The lowest BCUT2D eigenvalue weighted by Crippen LogP contribution is -2.33. The summed E-state index contributed by atoms with van der Waals surface area (Å²) in [6, 6.07) is 2.21. The highest BCUT2D eigenvalue weighted by molar-refractivity contribution is 7.17. The van der Waals surface area contributed by atoms with Crippen LogP contribution in [0.3, 0.4) is 0 Å². The molecule has 0 spiro atoms. The quantitative estimate of drug-likeness (QED) is 0.414. The number of aromatic nitrogens is 2. The van der Waals surface area contributed by atoms with Gasteiger partial charge in [0.05, 0.1) is 10.9 Å². The summed E-state index contributed by atoms with van der Waals surface area (Å²) in [6.07, 6.45) is 2.75. The van der Waals surface area contributed by atoms with Crippen molar-refractivity contribution >= 4 is 32.7 Å². The minimum Gasteiger partial charge on any atom is -0.446 e. The standard InChI is InChI=1S/C20H21N2O2S/c1-10(2)8-12-18-17(22(5)13-6-7-25-19(12)13)15-11(3)21(4)20-16(15)14(24-18)9-23-20/h6-7,9-10H,8H2,1-5H3/q+1. The largest absolute Gasteiger partial charge is 0.446 e. The molecule has 5 heterocycles. The molecule has 0 atom stereocenters. The highest BCUT2D eigenvalue weighted by atomic mass is 32.1. The first kappa shape index (κ1) is 15.0. The molecular weight excluding hydrogens is 332 g/mol. The van der Waals surface area contributed by atoms with Crippen LogP contribution in [0.4, 0.5) is 0 Å². The minimum absolute atomic E-state index is 0.563. The van der Waals surface area contributed by atoms with Gasteiger partial charge in [0.2, 0.25) is 17.0 Å². The Morgan fingerprint density at radius 2 is 2.12 bits per heavy atom. The van der Waals surface area contributed by atoms with Crippen molar-refractivity contribution in [2.24, 2.45) is 20.0 Å². The van der Waals surface area contributed by atoms with Gasteiger partial charge in [-0.1, -0.05) is 13.8 Å². The van der Waals surface area contributed by atoms with Crippen molar-refractivity contribution in [3.05, 3.63) is 29.0 Å². The summed E-state index contributed by atoms with van der Waals surface area (Å²) in [5, 5.41) is 3.27. The van der Waals surface area contributed by atoms with E-state index in [0.29, 0.717) is 5.92 Å². The molecule has 1 aliphatic heterocycles. The van der Waals surface area contributed by atoms with E-state index in [0.717, 1.165) is 29.0 Å². The Morgan fingerprint density at radius 3 is 2.88 bits per heavy atom. The number of thiophene rings is 1.